The zero-order valence-corrected chi connectivity index (χ0v) is 14.1. The van der Waals surface area contributed by atoms with Crippen LogP contribution in [0.2, 0.25) is 0 Å². The number of carbonyl (C=O) groups excluding carboxylic acids is 1. The predicted molar refractivity (Wildman–Crippen MR) is 86.7 cm³/mol. The Labute approximate surface area is 132 Å². The standard InChI is InChI=1S/C15H23N3O3S/c1-12-6-4-8-14(10-12)16-15(19)13-7-5-9-18(11-13)22(20,21)17(2)3/h4,6,8,10,13H,5,7,9,11H2,1-3H3,(H,16,19)/t13-/m0/s1. The van der Waals surface area contributed by atoms with Crippen LogP contribution in [0.25, 0.3) is 0 Å². The van der Waals surface area contributed by atoms with Gasteiger partial charge in [0.15, 0.2) is 0 Å². The molecule has 2 rings (SSSR count). The Morgan fingerprint density at radius 3 is 2.73 bits per heavy atom. The van der Waals surface area contributed by atoms with E-state index in [1.165, 1.54) is 22.7 Å². The molecule has 0 radical (unpaired) electrons. The van der Waals surface area contributed by atoms with Crippen molar-refractivity contribution >= 4 is 21.8 Å². The molecule has 22 heavy (non-hydrogen) atoms. The average molecular weight is 325 g/mol. The lowest BCUT2D eigenvalue weighted by Crippen LogP contribution is -2.47. The Kier molecular flexibility index (Phi) is 5.20. The number of amides is 1. The Hall–Kier alpha value is -1.44. The molecule has 0 unspecified atom stereocenters. The fraction of sp³-hybridized carbons (Fsp3) is 0.533. The summed E-state index contributed by atoms with van der Waals surface area (Å²) in [6, 6.07) is 7.58. The summed E-state index contributed by atoms with van der Waals surface area (Å²) in [5, 5.41) is 2.88. The smallest absolute Gasteiger partial charge is 0.281 e. The third-order valence-electron chi connectivity index (χ3n) is 3.83. The van der Waals surface area contributed by atoms with Gasteiger partial charge >= 0.3 is 0 Å². The molecule has 1 saturated heterocycles. The second-order valence-electron chi connectivity index (χ2n) is 5.85. The van der Waals surface area contributed by atoms with Crippen LogP contribution in [0.3, 0.4) is 0 Å². The summed E-state index contributed by atoms with van der Waals surface area (Å²) in [5.41, 5.74) is 1.82. The largest absolute Gasteiger partial charge is 0.326 e. The molecule has 6 nitrogen and oxygen atoms in total. The van der Waals surface area contributed by atoms with Crippen LogP contribution in [0, 0.1) is 12.8 Å². The first-order valence-corrected chi connectivity index (χ1v) is 8.75. The third kappa shape index (κ3) is 3.85. The number of carbonyl (C=O) groups is 1. The molecule has 7 heteroatoms. The van der Waals surface area contributed by atoms with Crippen LogP contribution in [0.15, 0.2) is 24.3 Å². The fourth-order valence-corrected chi connectivity index (χ4v) is 3.75. The van der Waals surface area contributed by atoms with Gasteiger partial charge in [-0.3, -0.25) is 4.79 Å². The number of benzene rings is 1. The van der Waals surface area contributed by atoms with E-state index in [4.69, 9.17) is 0 Å². The Morgan fingerprint density at radius 2 is 2.09 bits per heavy atom. The number of hydrogen-bond acceptors (Lipinski definition) is 3. The molecule has 1 atom stereocenters. The van der Waals surface area contributed by atoms with Gasteiger partial charge in [-0.05, 0) is 37.5 Å². The summed E-state index contributed by atoms with van der Waals surface area (Å²) in [7, 11) is -0.448. The van der Waals surface area contributed by atoms with Crippen molar-refractivity contribution in [3.63, 3.8) is 0 Å². The topological polar surface area (TPSA) is 69.7 Å². The molecule has 1 aromatic rings. The van der Waals surface area contributed by atoms with E-state index in [1.54, 1.807) is 0 Å². The first kappa shape index (κ1) is 16.9. The minimum atomic E-state index is -3.46. The van der Waals surface area contributed by atoms with Gasteiger partial charge < -0.3 is 5.32 Å². The molecular weight excluding hydrogens is 302 g/mol. The van der Waals surface area contributed by atoms with Crippen LogP contribution in [0.4, 0.5) is 5.69 Å². The highest BCUT2D eigenvalue weighted by Crippen LogP contribution is 2.22. The van der Waals surface area contributed by atoms with E-state index in [2.05, 4.69) is 5.32 Å². The van der Waals surface area contributed by atoms with E-state index in [0.717, 1.165) is 11.3 Å². The molecule has 1 aromatic carbocycles. The molecule has 0 bridgehead atoms. The monoisotopic (exact) mass is 325 g/mol. The third-order valence-corrected chi connectivity index (χ3v) is 5.74. The van der Waals surface area contributed by atoms with Crippen molar-refractivity contribution in [2.75, 3.05) is 32.5 Å². The lowest BCUT2D eigenvalue weighted by Gasteiger charge is -2.32. The minimum absolute atomic E-state index is 0.121. The number of aryl methyl sites for hydroxylation is 1. The predicted octanol–water partition coefficient (Wildman–Crippen LogP) is 1.45. The van der Waals surface area contributed by atoms with Crippen LogP contribution < -0.4 is 5.32 Å². The van der Waals surface area contributed by atoms with Crippen molar-refractivity contribution in [1.82, 2.24) is 8.61 Å². The second-order valence-corrected chi connectivity index (χ2v) is 7.99. The van der Waals surface area contributed by atoms with Crippen molar-refractivity contribution in [1.29, 1.82) is 0 Å². The van der Waals surface area contributed by atoms with Gasteiger partial charge in [0, 0.05) is 32.9 Å². The quantitative estimate of drug-likeness (QED) is 0.911. The molecule has 1 fully saturated rings. The molecule has 1 aliphatic heterocycles. The molecule has 1 aliphatic rings. The van der Waals surface area contributed by atoms with Gasteiger partial charge in [0.1, 0.15) is 0 Å². The molecule has 0 aliphatic carbocycles. The van der Waals surface area contributed by atoms with E-state index in [-0.39, 0.29) is 18.4 Å². The molecule has 1 N–H and O–H groups in total. The zero-order valence-electron chi connectivity index (χ0n) is 13.2. The highest BCUT2D eigenvalue weighted by molar-refractivity contribution is 7.86. The van der Waals surface area contributed by atoms with Crippen molar-refractivity contribution in [2.45, 2.75) is 19.8 Å². The molecular formula is C15H23N3O3S. The number of rotatable bonds is 4. The molecule has 1 heterocycles. The van der Waals surface area contributed by atoms with Crippen LogP contribution in [0.1, 0.15) is 18.4 Å². The Bertz CT molecular complexity index is 643. The summed E-state index contributed by atoms with van der Waals surface area (Å²) in [4.78, 5) is 12.4. The second kappa shape index (κ2) is 6.76. The highest BCUT2D eigenvalue weighted by atomic mass is 32.2. The number of hydrogen-bond donors (Lipinski definition) is 1. The van der Waals surface area contributed by atoms with Crippen molar-refractivity contribution < 1.29 is 13.2 Å². The van der Waals surface area contributed by atoms with Gasteiger partial charge in [0.2, 0.25) is 5.91 Å². The van der Waals surface area contributed by atoms with Crippen LogP contribution >= 0.6 is 0 Å². The van der Waals surface area contributed by atoms with E-state index in [1.807, 2.05) is 31.2 Å². The Morgan fingerprint density at radius 1 is 1.36 bits per heavy atom. The molecule has 0 spiro atoms. The summed E-state index contributed by atoms with van der Waals surface area (Å²) in [6.45, 7) is 2.66. The maximum atomic E-state index is 12.4. The lowest BCUT2D eigenvalue weighted by molar-refractivity contribution is -0.120. The van der Waals surface area contributed by atoms with Crippen molar-refractivity contribution in [3.05, 3.63) is 29.8 Å². The average Bonchev–Trinajstić information content (AvgIpc) is 2.47. The summed E-state index contributed by atoms with van der Waals surface area (Å²) < 4.78 is 26.9. The van der Waals surface area contributed by atoms with Crippen LogP contribution in [-0.2, 0) is 15.0 Å². The lowest BCUT2D eigenvalue weighted by atomic mass is 9.98. The van der Waals surface area contributed by atoms with Crippen molar-refractivity contribution in [2.24, 2.45) is 5.92 Å². The zero-order chi connectivity index (χ0) is 16.3. The SMILES string of the molecule is Cc1cccc(NC(=O)[C@H]2CCCN(S(=O)(=O)N(C)C)C2)c1. The van der Waals surface area contributed by atoms with Gasteiger partial charge in [-0.25, -0.2) is 0 Å². The van der Waals surface area contributed by atoms with E-state index in [9.17, 15) is 13.2 Å². The Balaban J connectivity index is 2.04. The normalized spacial score (nSPS) is 20.1. The van der Waals surface area contributed by atoms with Crippen molar-refractivity contribution in [3.8, 4) is 0 Å². The summed E-state index contributed by atoms with van der Waals surface area (Å²) in [6.07, 6.45) is 1.40. The maximum Gasteiger partial charge on any atom is 0.281 e. The fourth-order valence-electron chi connectivity index (χ4n) is 2.56. The van der Waals surface area contributed by atoms with Gasteiger partial charge in [0.25, 0.3) is 10.2 Å². The van der Waals surface area contributed by atoms with Gasteiger partial charge in [0.05, 0.1) is 5.92 Å². The van der Waals surface area contributed by atoms with E-state index >= 15 is 0 Å². The molecule has 0 saturated carbocycles. The molecule has 1 amide bonds. The van der Waals surface area contributed by atoms with E-state index < -0.39 is 10.2 Å². The maximum absolute atomic E-state index is 12.4. The number of piperidine rings is 1. The van der Waals surface area contributed by atoms with E-state index in [0.29, 0.717) is 19.4 Å². The minimum Gasteiger partial charge on any atom is -0.326 e. The van der Waals surface area contributed by atoms with Crippen LogP contribution in [0.5, 0.6) is 0 Å². The van der Waals surface area contributed by atoms with Gasteiger partial charge in [-0.1, -0.05) is 12.1 Å². The first-order valence-electron chi connectivity index (χ1n) is 7.36. The summed E-state index contributed by atoms with van der Waals surface area (Å²) in [5.74, 6) is -0.437. The first-order chi connectivity index (χ1) is 10.3. The van der Waals surface area contributed by atoms with Gasteiger partial charge in [-0.15, -0.1) is 0 Å². The number of anilines is 1. The number of nitrogens with zero attached hydrogens (tertiary/aromatic N) is 2. The summed E-state index contributed by atoms with van der Waals surface area (Å²) >= 11 is 0. The van der Waals surface area contributed by atoms with Crippen LogP contribution in [-0.4, -0.2) is 50.1 Å². The molecule has 122 valence electrons. The molecule has 0 aromatic heterocycles. The van der Waals surface area contributed by atoms with Gasteiger partial charge in [-0.2, -0.15) is 17.0 Å². The number of nitrogens with one attached hydrogen (secondary N) is 1. The highest BCUT2D eigenvalue weighted by Gasteiger charge is 2.33.